The number of amides is 1. The number of aromatic nitrogens is 1. The zero-order chi connectivity index (χ0) is 15.5. The first-order valence-corrected chi connectivity index (χ1v) is 6.74. The van der Waals surface area contributed by atoms with Crippen molar-refractivity contribution in [3.63, 3.8) is 0 Å². The molecule has 0 aliphatic rings. The molecule has 0 bridgehead atoms. The van der Waals surface area contributed by atoms with Crippen LogP contribution in [0.4, 0.5) is 11.4 Å². The fourth-order valence-electron chi connectivity index (χ4n) is 2.22. The van der Waals surface area contributed by atoms with Gasteiger partial charge >= 0.3 is 0 Å². The predicted octanol–water partition coefficient (Wildman–Crippen LogP) is 2.60. The zero-order valence-corrected chi connectivity index (χ0v) is 12.0. The van der Waals surface area contributed by atoms with Gasteiger partial charge in [0.2, 0.25) is 5.91 Å². The highest BCUT2D eigenvalue weighted by Crippen LogP contribution is 2.27. The lowest BCUT2D eigenvalue weighted by Crippen LogP contribution is -2.15. The van der Waals surface area contributed by atoms with E-state index >= 15 is 0 Å². The summed E-state index contributed by atoms with van der Waals surface area (Å²) < 4.78 is 10.4. The van der Waals surface area contributed by atoms with Gasteiger partial charge in [0.1, 0.15) is 11.4 Å². The number of carbonyl (C=O) groups is 1. The first-order valence-electron chi connectivity index (χ1n) is 6.74. The van der Waals surface area contributed by atoms with E-state index in [0.717, 1.165) is 5.39 Å². The fourth-order valence-corrected chi connectivity index (χ4v) is 2.22. The molecule has 3 N–H and O–H groups in total. The minimum Gasteiger partial charge on any atom is -0.494 e. The second-order valence-electron chi connectivity index (χ2n) is 4.81. The average Bonchev–Trinajstić information content (AvgIpc) is 2.92. The van der Waals surface area contributed by atoms with Crippen LogP contribution in [0.1, 0.15) is 5.69 Å². The number of methoxy groups -OCH3 is 1. The lowest BCUT2D eigenvalue weighted by molar-refractivity contribution is -0.115. The van der Waals surface area contributed by atoms with Crippen LogP contribution < -0.4 is 15.8 Å². The Morgan fingerprint density at radius 3 is 2.95 bits per heavy atom. The Morgan fingerprint density at radius 2 is 2.14 bits per heavy atom. The number of hydrogen-bond acceptors (Lipinski definition) is 5. The summed E-state index contributed by atoms with van der Waals surface area (Å²) in [6.45, 7) is 0. The highest BCUT2D eigenvalue weighted by molar-refractivity contribution is 5.96. The third-order valence-electron chi connectivity index (χ3n) is 3.28. The van der Waals surface area contributed by atoms with Crippen molar-refractivity contribution in [3.05, 3.63) is 48.2 Å². The number of benzene rings is 2. The number of hydrogen-bond donors (Lipinski definition) is 2. The summed E-state index contributed by atoms with van der Waals surface area (Å²) in [4.78, 5) is 12.2. The van der Waals surface area contributed by atoms with Gasteiger partial charge in [-0.2, -0.15) is 0 Å². The van der Waals surface area contributed by atoms with Crippen LogP contribution in [-0.2, 0) is 11.2 Å². The molecule has 0 radical (unpaired) electrons. The summed E-state index contributed by atoms with van der Waals surface area (Å²) in [7, 11) is 1.52. The van der Waals surface area contributed by atoms with Gasteiger partial charge < -0.3 is 20.3 Å². The summed E-state index contributed by atoms with van der Waals surface area (Å²) in [5.74, 6) is 0.306. The Labute approximate surface area is 126 Å². The summed E-state index contributed by atoms with van der Waals surface area (Å²) >= 11 is 0. The van der Waals surface area contributed by atoms with Gasteiger partial charge in [0.15, 0.2) is 5.58 Å². The zero-order valence-electron chi connectivity index (χ0n) is 12.0. The maximum atomic E-state index is 12.2. The van der Waals surface area contributed by atoms with E-state index in [9.17, 15) is 4.79 Å². The topological polar surface area (TPSA) is 90.4 Å². The smallest absolute Gasteiger partial charge is 0.230 e. The van der Waals surface area contributed by atoms with Crippen LogP contribution in [0.2, 0.25) is 0 Å². The molecule has 1 aromatic heterocycles. The molecule has 0 saturated carbocycles. The minimum absolute atomic E-state index is 0.116. The van der Waals surface area contributed by atoms with Crippen molar-refractivity contribution in [2.24, 2.45) is 0 Å². The number of para-hydroxylation sites is 1. The van der Waals surface area contributed by atoms with Crippen molar-refractivity contribution in [2.45, 2.75) is 6.42 Å². The standard InChI is InChI=1S/C16H15N3O3/c1-21-15-8-10(17)6-7-12(15)18-16(20)9-13-11-4-2-3-5-14(11)22-19-13/h2-8H,9,17H2,1H3,(H,18,20). The monoisotopic (exact) mass is 297 g/mol. The molecule has 0 saturated heterocycles. The maximum Gasteiger partial charge on any atom is 0.230 e. The number of rotatable bonds is 4. The number of fused-ring (bicyclic) bond motifs is 1. The summed E-state index contributed by atoms with van der Waals surface area (Å²) in [6, 6.07) is 12.5. The molecule has 0 atom stereocenters. The van der Waals surface area contributed by atoms with Gasteiger partial charge in [-0.3, -0.25) is 4.79 Å². The summed E-state index contributed by atoms with van der Waals surface area (Å²) in [5.41, 5.74) is 8.08. The number of nitrogen functional groups attached to an aromatic ring is 1. The lowest BCUT2D eigenvalue weighted by Gasteiger charge is -2.10. The molecule has 0 fully saturated rings. The van der Waals surface area contributed by atoms with Gasteiger partial charge in [-0.15, -0.1) is 0 Å². The van der Waals surface area contributed by atoms with Gasteiger partial charge in [0.25, 0.3) is 0 Å². The fraction of sp³-hybridized carbons (Fsp3) is 0.125. The molecule has 0 aliphatic heterocycles. The quantitative estimate of drug-likeness (QED) is 0.722. The predicted molar refractivity (Wildman–Crippen MR) is 83.7 cm³/mol. The van der Waals surface area contributed by atoms with Crippen molar-refractivity contribution >= 4 is 28.3 Å². The highest BCUT2D eigenvalue weighted by atomic mass is 16.5. The van der Waals surface area contributed by atoms with Crippen LogP contribution in [0, 0.1) is 0 Å². The Bertz CT molecular complexity index is 826. The van der Waals surface area contributed by atoms with Gasteiger partial charge in [-0.1, -0.05) is 17.3 Å². The van der Waals surface area contributed by atoms with Crippen molar-refractivity contribution in [1.82, 2.24) is 5.16 Å². The van der Waals surface area contributed by atoms with Crippen LogP contribution in [0.25, 0.3) is 11.0 Å². The van der Waals surface area contributed by atoms with Crippen LogP contribution in [0.15, 0.2) is 47.0 Å². The summed E-state index contributed by atoms with van der Waals surface area (Å²) in [5, 5.41) is 7.57. The van der Waals surface area contributed by atoms with E-state index in [1.54, 1.807) is 18.2 Å². The number of nitrogens with two attached hydrogens (primary N) is 1. The third kappa shape index (κ3) is 2.71. The van der Waals surface area contributed by atoms with E-state index in [1.807, 2.05) is 24.3 Å². The SMILES string of the molecule is COc1cc(N)ccc1NC(=O)Cc1noc2ccccc12. The number of nitrogens with one attached hydrogen (secondary N) is 1. The number of ether oxygens (including phenoxy) is 1. The van der Waals surface area contributed by atoms with Crippen molar-refractivity contribution in [1.29, 1.82) is 0 Å². The van der Waals surface area contributed by atoms with Gasteiger partial charge in [-0.25, -0.2) is 0 Å². The Hall–Kier alpha value is -3.02. The lowest BCUT2D eigenvalue weighted by atomic mass is 10.1. The van der Waals surface area contributed by atoms with Gasteiger partial charge in [0, 0.05) is 17.1 Å². The number of carbonyl (C=O) groups excluding carboxylic acids is 1. The largest absolute Gasteiger partial charge is 0.494 e. The molecule has 6 nitrogen and oxygen atoms in total. The van der Waals surface area contributed by atoms with Crippen molar-refractivity contribution in [2.75, 3.05) is 18.2 Å². The van der Waals surface area contributed by atoms with E-state index in [1.165, 1.54) is 7.11 Å². The maximum absolute atomic E-state index is 12.2. The van der Waals surface area contributed by atoms with Crippen LogP contribution >= 0.6 is 0 Å². The number of nitrogens with zero attached hydrogens (tertiary/aromatic N) is 1. The minimum atomic E-state index is -0.206. The molecule has 3 rings (SSSR count). The molecule has 1 amide bonds. The molecule has 6 heteroatoms. The van der Waals surface area contributed by atoms with E-state index in [4.69, 9.17) is 15.0 Å². The Kier molecular flexibility index (Phi) is 3.65. The average molecular weight is 297 g/mol. The van der Waals surface area contributed by atoms with E-state index < -0.39 is 0 Å². The van der Waals surface area contributed by atoms with E-state index in [0.29, 0.717) is 28.4 Å². The normalized spacial score (nSPS) is 10.6. The molecular weight excluding hydrogens is 282 g/mol. The molecule has 22 heavy (non-hydrogen) atoms. The molecule has 1 heterocycles. The first kappa shape index (κ1) is 13.9. The van der Waals surface area contributed by atoms with Crippen LogP contribution in [0.5, 0.6) is 5.75 Å². The molecule has 0 spiro atoms. The van der Waals surface area contributed by atoms with Gasteiger partial charge in [-0.05, 0) is 24.3 Å². The van der Waals surface area contributed by atoms with E-state index in [-0.39, 0.29) is 12.3 Å². The second kappa shape index (κ2) is 5.77. The van der Waals surface area contributed by atoms with Crippen molar-refractivity contribution in [3.8, 4) is 5.75 Å². The van der Waals surface area contributed by atoms with Crippen LogP contribution in [0.3, 0.4) is 0 Å². The Balaban J connectivity index is 1.78. The second-order valence-corrected chi connectivity index (χ2v) is 4.81. The van der Waals surface area contributed by atoms with Crippen molar-refractivity contribution < 1.29 is 14.1 Å². The number of anilines is 2. The molecule has 3 aromatic rings. The molecule has 2 aromatic carbocycles. The van der Waals surface area contributed by atoms with Crippen LogP contribution in [-0.4, -0.2) is 18.2 Å². The molecule has 0 unspecified atom stereocenters. The van der Waals surface area contributed by atoms with E-state index in [2.05, 4.69) is 10.5 Å². The summed E-state index contributed by atoms with van der Waals surface area (Å²) in [6.07, 6.45) is 0.116. The Morgan fingerprint density at radius 1 is 1.32 bits per heavy atom. The molecule has 112 valence electrons. The highest BCUT2D eigenvalue weighted by Gasteiger charge is 2.13. The van der Waals surface area contributed by atoms with Gasteiger partial charge in [0.05, 0.1) is 19.2 Å². The molecule has 0 aliphatic carbocycles. The molecular formula is C16H15N3O3. The first-order chi connectivity index (χ1) is 10.7. The third-order valence-corrected chi connectivity index (χ3v) is 3.28.